The second kappa shape index (κ2) is 11.7. The van der Waals surface area contributed by atoms with E-state index in [9.17, 15) is 0 Å². The van der Waals surface area contributed by atoms with Crippen molar-refractivity contribution in [3.8, 4) is 45.0 Å². The van der Waals surface area contributed by atoms with Crippen molar-refractivity contribution in [3.63, 3.8) is 0 Å². The zero-order valence-electron chi connectivity index (χ0n) is 28.6. The highest BCUT2D eigenvalue weighted by Gasteiger charge is 2.16. The number of hydrogen-bond donors (Lipinski definition) is 0. The van der Waals surface area contributed by atoms with Crippen LogP contribution in [0.5, 0.6) is 0 Å². The SMILES string of the molecule is c1ccc(-c2nc3ccc4ccc5ccc(-c6cccc(-c7cccc(-c8cc9ccccc9c9ccc%10ccccc%10c89)c7)c6)cc5c4c3o2)nc1. The van der Waals surface area contributed by atoms with Gasteiger partial charge in [0.05, 0.1) is 0 Å². The van der Waals surface area contributed by atoms with Crippen LogP contribution in [0.3, 0.4) is 0 Å². The Kier molecular flexibility index (Phi) is 6.55. The summed E-state index contributed by atoms with van der Waals surface area (Å²) in [5, 5.41) is 12.1. The van der Waals surface area contributed by atoms with Crippen LogP contribution in [0.4, 0.5) is 0 Å². The lowest BCUT2D eigenvalue weighted by atomic mass is 9.89. The average Bonchev–Trinajstić information content (AvgIpc) is 3.68. The monoisotopic (exact) mass is 674 g/mol. The van der Waals surface area contributed by atoms with Gasteiger partial charge >= 0.3 is 0 Å². The molecule has 0 aliphatic heterocycles. The molecule has 2 aromatic heterocycles. The van der Waals surface area contributed by atoms with E-state index in [1.807, 2.05) is 24.3 Å². The highest BCUT2D eigenvalue weighted by molar-refractivity contribution is 6.23. The second-order valence-electron chi connectivity index (χ2n) is 13.8. The topological polar surface area (TPSA) is 38.9 Å². The minimum absolute atomic E-state index is 0.529. The highest BCUT2D eigenvalue weighted by atomic mass is 16.3. The van der Waals surface area contributed by atoms with Crippen LogP contribution in [0, 0.1) is 0 Å². The van der Waals surface area contributed by atoms with E-state index in [1.165, 1.54) is 54.6 Å². The van der Waals surface area contributed by atoms with Gasteiger partial charge in [0.2, 0.25) is 5.89 Å². The van der Waals surface area contributed by atoms with E-state index < -0.39 is 0 Å². The molecule has 53 heavy (non-hydrogen) atoms. The van der Waals surface area contributed by atoms with E-state index in [0.717, 1.165) is 49.5 Å². The molecule has 0 amide bonds. The summed E-state index contributed by atoms with van der Waals surface area (Å²) in [6.45, 7) is 0. The van der Waals surface area contributed by atoms with Gasteiger partial charge in [-0.2, -0.15) is 0 Å². The molecule has 2 heterocycles. The first-order valence-electron chi connectivity index (χ1n) is 18.0. The molecule has 0 unspecified atom stereocenters. The number of hydrogen-bond acceptors (Lipinski definition) is 3. The van der Waals surface area contributed by atoms with Crippen molar-refractivity contribution in [3.05, 3.63) is 182 Å². The first-order valence-corrected chi connectivity index (χ1v) is 18.0. The van der Waals surface area contributed by atoms with Crippen molar-refractivity contribution < 1.29 is 4.42 Å². The minimum atomic E-state index is 0.529. The second-order valence-corrected chi connectivity index (χ2v) is 13.8. The molecular weight excluding hydrogens is 645 g/mol. The Morgan fingerprint density at radius 2 is 1.02 bits per heavy atom. The predicted octanol–water partition coefficient (Wildman–Crippen LogP) is 13.7. The first-order chi connectivity index (χ1) is 26.2. The number of nitrogens with zero attached hydrogens (tertiary/aromatic N) is 2. The third-order valence-electron chi connectivity index (χ3n) is 10.7. The molecule has 0 radical (unpaired) electrons. The number of benzene rings is 9. The molecule has 9 aromatic carbocycles. The van der Waals surface area contributed by atoms with Crippen LogP contribution in [0.25, 0.3) is 110 Å². The molecule has 11 rings (SSSR count). The van der Waals surface area contributed by atoms with Gasteiger partial charge in [0.25, 0.3) is 0 Å². The molecule has 3 nitrogen and oxygen atoms in total. The lowest BCUT2D eigenvalue weighted by molar-refractivity contribution is 0.620. The van der Waals surface area contributed by atoms with Crippen molar-refractivity contribution >= 4 is 65.0 Å². The van der Waals surface area contributed by atoms with Gasteiger partial charge in [0.1, 0.15) is 11.2 Å². The van der Waals surface area contributed by atoms with Gasteiger partial charge in [-0.25, -0.2) is 4.98 Å². The van der Waals surface area contributed by atoms with Gasteiger partial charge in [-0.3, -0.25) is 4.98 Å². The van der Waals surface area contributed by atoms with Gasteiger partial charge in [0.15, 0.2) is 5.58 Å². The van der Waals surface area contributed by atoms with Gasteiger partial charge < -0.3 is 4.42 Å². The lowest BCUT2D eigenvalue weighted by Crippen LogP contribution is -1.88. The van der Waals surface area contributed by atoms with Crippen LogP contribution in [-0.4, -0.2) is 9.97 Å². The summed E-state index contributed by atoms with van der Waals surface area (Å²) in [6.07, 6.45) is 1.77. The minimum Gasteiger partial charge on any atom is -0.434 e. The summed E-state index contributed by atoms with van der Waals surface area (Å²) in [7, 11) is 0. The van der Waals surface area contributed by atoms with E-state index >= 15 is 0 Å². The Morgan fingerprint density at radius 1 is 0.377 bits per heavy atom. The van der Waals surface area contributed by atoms with E-state index in [2.05, 4.69) is 157 Å². The molecule has 0 fully saturated rings. The van der Waals surface area contributed by atoms with E-state index in [0.29, 0.717) is 5.89 Å². The highest BCUT2D eigenvalue weighted by Crippen LogP contribution is 2.41. The van der Waals surface area contributed by atoms with Crippen LogP contribution in [0.1, 0.15) is 0 Å². The number of oxazole rings is 1. The van der Waals surface area contributed by atoms with Crippen molar-refractivity contribution in [2.24, 2.45) is 0 Å². The van der Waals surface area contributed by atoms with Crippen LogP contribution in [0.15, 0.2) is 187 Å². The first kappa shape index (κ1) is 29.6. The zero-order chi connectivity index (χ0) is 34.9. The van der Waals surface area contributed by atoms with Gasteiger partial charge in [-0.1, -0.05) is 133 Å². The fourth-order valence-electron chi connectivity index (χ4n) is 8.15. The summed E-state index contributed by atoms with van der Waals surface area (Å²) in [4.78, 5) is 9.29. The summed E-state index contributed by atoms with van der Waals surface area (Å²) < 4.78 is 6.45. The molecule has 0 spiro atoms. The van der Waals surface area contributed by atoms with E-state index in [-0.39, 0.29) is 0 Å². The Bertz CT molecular complexity index is 3230. The molecule has 0 aliphatic carbocycles. The van der Waals surface area contributed by atoms with Crippen molar-refractivity contribution in [2.45, 2.75) is 0 Å². The smallest absolute Gasteiger partial charge is 0.246 e. The van der Waals surface area contributed by atoms with Crippen LogP contribution >= 0.6 is 0 Å². The summed E-state index contributed by atoms with van der Waals surface area (Å²) in [5.74, 6) is 0.529. The molecule has 0 saturated carbocycles. The summed E-state index contributed by atoms with van der Waals surface area (Å²) >= 11 is 0. The fraction of sp³-hybridized carbons (Fsp3) is 0. The van der Waals surface area contributed by atoms with Crippen LogP contribution in [-0.2, 0) is 0 Å². The number of rotatable bonds is 4. The molecule has 3 heteroatoms. The molecule has 0 saturated heterocycles. The Balaban J connectivity index is 1.05. The fourth-order valence-corrected chi connectivity index (χ4v) is 8.15. The maximum Gasteiger partial charge on any atom is 0.246 e. The number of fused-ring (bicyclic) bond motifs is 10. The summed E-state index contributed by atoms with van der Waals surface area (Å²) in [6, 6.07) is 63.2. The number of pyridine rings is 1. The molecular formula is C50H30N2O. The molecule has 0 aliphatic rings. The molecule has 0 N–H and O–H groups in total. The van der Waals surface area contributed by atoms with Crippen molar-refractivity contribution in [2.75, 3.05) is 0 Å². The lowest BCUT2D eigenvalue weighted by Gasteiger charge is -2.15. The Morgan fingerprint density at radius 3 is 1.85 bits per heavy atom. The quantitative estimate of drug-likeness (QED) is 0.174. The number of aromatic nitrogens is 2. The maximum absolute atomic E-state index is 6.45. The molecule has 11 aromatic rings. The van der Waals surface area contributed by atoms with Crippen LogP contribution < -0.4 is 0 Å². The van der Waals surface area contributed by atoms with Gasteiger partial charge in [-0.05, 0) is 124 Å². The third-order valence-corrected chi connectivity index (χ3v) is 10.7. The molecule has 246 valence electrons. The van der Waals surface area contributed by atoms with Crippen molar-refractivity contribution in [1.82, 2.24) is 9.97 Å². The normalized spacial score (nSPS) is 11.8. The largest absolute Gasteiger partial charge is 0.434 e. The van der Waals surface area contributed by atoms with E-state index in [4.69, 9.17) is 9.40 Å². The van der Waals surface area contributed by atoms with Gasteiger partial charge in [-0.15, -0.1) is 0 Å². The zero-order valence-corrected chi connectivity index (χ0v) is 28.6. The van der Waals surface area contributed by atoms with Gasteiger partial charge in [0, 0.05) is 11.6 Å². The standard InChI is InChI=1S/C50H30N2O/c1-4-16-41-31(9-1)22-24-42-40-15-3-2-10-39(40)30-44(48(41)42)38-14-8-13-36(28-38)34-11-7-12-35(27-34)37-21-19-32-18-20-33-23-25-45-49(47(33)43(32)29-37)53-50(52-45)46-17-5-6-26-51-46/h1-30H. The third kappa shape index (κ3) is 4.82. The molecule has 0 atom stereocenters. The van der Waals surface area contributed by atoms with Crippen molar-refractivity contribution in [1.29, 1.82) is 0 Å². The maximum atomic E-state index is 6.45. The Labute approximate surface area is 305 Å². The average molecular weight is 675 g/mol. The van der Waals surface area contributed by atoms with Crippen LogP contribution in [0.2, 0.25) is 0 Å². The predicted molar refractivity (Wildman–Crippen MR) is 221 cm³/mol. The molecule has 0 bridgehead atoms. The summed E-state index contributed by atoms with van der Waals surface area (Å²) in [5.41, 5.74) is 9.46. The Hall–Kier alpha value is -7.10. The van der Waals surface area contributed by atoms with E-state index in [1.54, 1.807) is 6.20 Å².